The number of ether oxygens (including phenoxy) is 1. The van der Waals surface area contributed by atoms with Crippen LogP contribution >= 0.6 is 0 Å². The summed E-state index contributed by atoms with van der Waals surface area (Å²) in [4.78, 5) is 0. The van der Waals surface area contributed by atoms with Crippen molar-refractivity contribution in [2.24, 2.45) is 11.8 Å². The van der Waals surface area contributed by atoms with E-state index in [0.29, 0.717) is 6.04 Å². The molecule has 1 N–H and O–H groups in total. The van der Waals surface area contributed by atoms with E-state index in [1.165, 1.54) is 51.4 Å². The highest BCUT2D eigenvalue weighted by Gasteiger charge is 2.42. The van der Waals surface area contributed by atoms with E-state index in [9.17, 15) is 0 Å². The van der Waals surface area contributed by atoms with Crippen LogP contribution in [0, 0.1) is 11.8 Å². The average Bonchev–Trinajstić information content (AvgIpc) is 2.46. The lowest BCUT2D eigenvalue weighted by Crippen LogP contribution is -2.55. The maximum atomic E-state index is 6.39. The third-order valence-corrected chi connectivity index (χ3v) is 5.25. The van der Waals surface area contributed by atoms with Crippen LogP contribution in [-0.2, 0) is 4.74 Å². The summed E-state index contributed by atoms with van der Waals surface area (Å²) >= 11 is 0. The lowest BCUT2D eigenvalue weighted by atomic mass is 9.73. The van der Waals surface area contributed by atoms with Gasteiger partial charge in [0.15, 0.2) is 0 Å². The number of hydrogen-bond acceptors (Lipinski definition) is 2. The maximum Gasteiger partial charge on any atom is 0.0834 e. The van der Waals surface area contributed by atoms with Gasteiger partial charge in [0.1, 0.15) is 0 Å². The molecule has 2 heteroatoms. The zero-order valence-electron chi connectivity index (χ0n) is 15.2. The predicted molar refractivity (Wildman–Crippen MR) is 92.8 cm³/mol. The van der Waals surface area contributed by atoms with Crippen molar-refractivity contribution in [1.82, 2.24) is 5.32 Å². The minimum Gasteiger partial charge on any atom is -0.374 e. The van der Waals surface area contributed by atoms with E-state index in [1.807, 2.05) is 0 Å². The van der Waals surface area contributed by atoms with Crippen LogP contribution in [0.4, 0.5) is 0 Å². The van der Waals surface area contributed by atoms with Crippen LogP contribution < -0.4 is 5.32 Å². The van der Waals surface area contributed by atoms with E-state index in [-0.39, 0.29) is 5.60 Å². The second-order valence-corrected chi connectivity index (χ2v) is 7.32. The first-order chi connectivity index (χ1) is 10.1. The third-order valence-electron chi connectivity index (χ3n) is 5.25. The first-order valence-electron chi connectivity index (χ1n) is 9.45. The maximum absolute atomic E-state index is 6.39. The molecule has 0 aromatic heterocycles. The normalized spacial score (nSPS) is 29.3. The Hall–Kier alpha value is -0.0800. The quantitative estimate of drug-likeness (QED) is 0.601. The summed E-state index contributed by atoms with van der Waals surface area (Å²) in [5.74, 6) is 1.67. The van der Waals surface area contributed by atoms with Gasteiger partial charge >= 0.3 is 0 Å². The Morgan fingerprint density at radius 2 is 1.81 bits per heavy atom. The molecule has 1 aliphatic carbocycles. The molecule has 0 aromatic rings. The zero-order chi connectivity index (χ0) is 15.7. The van der Waals surface area contributed by atoms with Gasteiger partial charge in [0.25, 0.3) is 0 Å². The Labute approximate surface area is 133 Å². The van der Waals surface area contributed by atoms with Crippen molar-refractivity contribution in [3.63, 3.8) is 0 Å². The Morgan fingerprint density at radius 3 is 2.33 bits per heavy atom. The molecule has 0 aromatic carbocycles. The molecule has 0 radical (unpaired) electrons. The largest absolute Gasteiger partial charge is 0.374 e. The number of rotatable bonds is 10. The summed E-state index contributed by atoms with van der Waals surface area (Å²) < 4.78 is 6.39. The molecule has 21 heavy (non-hydrogen) atoms. The fourth-order valence-corrected chi connectivity index (χ4v) is 3.95. The van der Waals surface area contributed by atoms with Gasteiger partial charge in [0.05, 0.1) is 5.60 Å². The second kappa shape index (κ2) is 9.84. The number of hydrogen-bond donors (Lipinski definition) is 1. The van der Waals surface area contributed by atoms with Crippen molar-refractivity contribution in [3.8, 4) is 0 Å². The predicted octanol–water partition coefficient (Wildman–Crippen LogP) is 5.17. The molecule has 126 valence electrons. The summed E-state index contributed by atoms with van der Waals surface area (Å²) in [6.45, 7) is 13.5. The van der Waals surface area contributed by atoms with Gasteiger partial charge in [0.2, 0.25) is 0 Å². The van der Waals surface area contributed by atoms with E-state index in [0.717, 1.165) is 25.0 Å². The van der Waals surface area contributed by atoms with E-state index < -0.39 is 0 Å². The fourth-order valence-electron chi connectivity index (χ4n) is 3.95. The molecule has 1 rings (SSSR count). The van der Waals surface area contributed by atoms with Gasteiger partial charge in [-0.05, 0) is 63.8 Å². The Balaban J connectivity index is 2.78. The molecule has 0 heterocycles. The third kappa shape index (κ3) is 5.90. The van der Waals surface area contributed by atoms with E-state index in [4.69, 9.17) is 4.74 Å². The smallest absolute Gasteiger partial charge is 0.0834 e. The Bertz CT molecular complexity index is 258. The first-order valence-corrected chi connectivity index (χ1v) is 9.45. The average molecular weight is 298 g/mol. The van der Waals surface area contributed by atoms with Crippen molar-refractivity contribution in [2.45, 2.75) is 97.6 Å². The molecule has 0 bridgehead atoms. The Kier molecular flexibility index (Phi) is 8.89. The fraction of sp³-hybridized carbons (Fsp3) is 1.00. The van der Waals surface area contributed by atoms with Crippen LogP contribution in [0.2, 0.25) is 0 Å². The second-order valence-electron chi connectivity index (χ2n) is 7.32. The van der Waals surface area contributed by atoms with Crippen LogP contribution in [0.5, 0.6) is 0 Å². The molecule has 0 aliphatic heterocycles. The van der Waals surface area contributed by atoms with Gasteiger partial charge in [0, 0.05) is 12.6 Å². The summed E-state index contributed by atoms with van der Waals surface area (Å²) in [5.41, 5.74) is 0.0957. The van der Waals surface area contributed by atoms with E-state index in [2.05, 4.69) is 39.9 Å². The molecule has 1 saturated carbocycles. The standard InChI is InChI=1S/C19H39NO/c1-6-9-17(5)15-18(20-14-7-2)19(21-8-3)12-10-16(4)11-13-19/h16-18,20H,6-15H2,1-5H3. The first kappa shape index (κ1) is 19.0. The van der Waals surface area contributed by atoms with Crippen molar-refractivity contribution < 1.29 is 4.74 Å². The molecule has 2 atom stereocenters. The van der Waals surface area contributed by atoms with Crippen molar-refractivity contribution in [1.29, 1.82) is 0 Å². The van der Waals surface area contributed by atoms with Gasteiger partial charge in [-0.1, -0.05) is 40.5 Å². The molecule has 0 saturated heterocycles. The topological polar surface area (TPSA) is 21.3 Å². The molecule has 0 spiro atoms. The molecule has 0 amide bonds. The van der Waals surface area contributed by atoms with Crippen molar-refractivity contribution in [3.05, 3.63) is 0 Å². The summed E-state index contributed by atoms with van der Waals surface area (Å²) in [5, 5.41) is 3.84. The van der Waals surface area contributed by atoms with Gasteiger partial charge in [-0.3, -0.25) is 0 Å². The highest BCUT2D eigenvalue weighted by atomic mass is 16.5. The lowest BCUT2D eigenvalue weighted by molar-refractivity contribution is -0.100. The molecule has 2 unspecified atom stereocenters. The Morgan fingerprint density at radius 1 is 1.14 bits per heavy atom. The lowest BCUT2D eigenvalue weighted by Gasteiger charge is -2.46. The molecular formula is C19H39NO. The van der Waals surface area contributed by atoms with Crippen LogP contribution in [0.1, 0.15) is 86.0 Å². The summed E-state index contributed by atoms with van der Waals surface area (Å²) in [6, 6.07) is 0.534. The van der Waals surface area contributed by atoms with Crippen LogP contribution in [0.15, 0.2) is 0 Å². The van der Waals surface area contributed by atoms with Crippen LogP contribution in [0.3, 0.4) is 0 Å². The van der Waals surface area contributed by atoms with Gasteiger partial charge < -0.3 is 10.1 Å². The summed E-state index contributed by atoms with van der Waals surface area (Å²) in [6.07, 6.45) is 10.2. The summed E-state index contributed by atoms with van der Waals surface area (Å²) in [7, 11) is 0. The van der Waals surface area contributed by atoms with Crippen molar-refractivity contribution in [2.75, 3.05) is 13.2 Å². The molecular weight excluding hydrogens is 258 g/mol. The van der Waals surface area contributed by atoms with Crippen LogP contribution in [-0.4, -0.2) is 24.8 Å². The minimum absolute atomic E-state index is 0.0957. The SMILES string of the molecule is CCCNC(CC(C)CCC)C1(OCC)CCC(C)CC1. The highest BCUT2D eigenvalue weighted by molar-refractivity contribution is 4.97. The molecule has 2 nitrogen and oxygen atoms in total. The van der Waals surface area contributed by atoms with Crippen molar-refractivity contribution >= 4 is 0 Å². The number of nitrogens with one attached hydrogen (secondary N) is 1. The van der Waals surface area contributed by atoms with Gasteiger partial charge in [-0.25, -0.2) is 0 Å². The highest BCUT2D eigenvalue weighted by Crippen LogP contribution is 2.39. The molecule has 1 fully saturated rings. The van der Waals surface area contributed by atoms with E-state index >= 15 is 0 Å². The van der Waals surface area contributed by atoms with E-state index in [1.54, 1.807) is 0 Å². The van der Waals surface area contributed by atoms with Gasteiger partial charge in [-0.2, -0.15) is 0 Å². The van der Waals surface area contributed by atoms with Crippen LogP contribution in [0.25, 0.3) is 0 Å². The monoisotopic (exact) mass is 297 g/mol. The molecule has 1 aliphatic rings. The van der Waals surface area contributed by atoms with Gasteiger partial charge in [-0.15, -0.1) is 0 Å². The minimum atomic E-state index is 0.0957. The zero-order valence-corrected chi connectivity index (χ0v) is 15.2.